The molecule has 2 aromatic rings. The van der Waals surface area contributed by atoms with E-state index in [0.29, 0.717) is 0 Å². The fraction of sp³-hybridized carbons (Fsp3) is 0.143. The maximum atomic E-state index is 12.2. The van der Waals surface area contributed by atoms with Gasteiger partial charge < -0.3 is 5.11 Å². The van der Waals surface area contributed by atoms with Crippen LogP contribution < -0.4 is 4.72 Å². The molecule has 0 bridgehead atoms. The number of hydrogen-bond acceptors (Lipinski definition) is 4. The monoisotopic (exact) mass is 306 g/mol. The summed E-state index contributed by atoms with van der Waals surface area (Å²) in [5.74, 6) is -1.16. The highest BCUT2D eigenvalue weighted by Crippen LogP contribution is 2.15. The average Bonchev–Trinajstić information content (AvgIpc) is 2.48. The van der Waals surface area contributed by atoms with Crippen molar-refractivity contribution in [1.82, 2.24) is 9.71 Å². The minimum atomic E-state index is -3.80. The highest BCUT2D eigenvalue weighted by molar-refractivity contribution is 7.89. The number of hydrogen-bond donors (Lipinski definition) is 2. The number of nitrogens with zero attached hydrogens (tertiary/aromatic N) is 1. The zero-order chi connectivity index (χ0) is 15.5. The highest BCUT2D eigenvalue weighted by atomic mass is 32.2. The maximum Gasteiger partial charge on any atom is 0.337 e. The quantitative estimate of drug-likeness (QED) is 0.878. The second-order valence-corrected chi connectivity index (χ2v) is 6.10. The summed E-state index contributed by atoms with van der Waals surface area (Å²) in [5.41, 5.74) is 0.758. The van der Waals surface area contributed by atoms with Crippen LogP contribution in [0.4, 0.5) is 0 Å². The normalized spacial score (nSPS) is 12.8. The van der Waals surface area contributed by atoms with Crippen LogP contribution in [-0.2, 0) is 10.0 Å². The summed E-state index contributed by atoms with van der Waals surface area (Å²) >= 11 is 0. The van der Waals surface area contributed by atoms with Crippen LogP contribution in [0.1, 0.15) is 28.9 Å². The van der Waals surface area contributed by atoms with Gasteiger partial charge in [-0.1, -0.05) is 30.3 Å². The number of aromatic nitrogens is 1. The predicted molar refractivity (Wildman–Crippen MR) is 76.4 cm³/mol. The fourth-order valence-corrected chi connectivity index (χ4v) is 2.93. The van der Waals surface area contributed by atoms with Crippen molar-refractivity contribution in [1.29, 1.82) is 0 Å². The Hall–Kier alpha value is -2.25. The van der Waals surface area contributed by atoms with E-state index >= 15 is 0 Å². The van der Waals surface area contributed by atoms with Gasteiger partial charge in [-0.25, -0.2) is 22.9 Å². The van der Waals surface area contributed by atoms with Gasteiger partial charge in [0.15, 0.2) is 5.03 Å². The molecule has 1 atom stereocenters. The number of nitrogens with one attached hydrogen (secondary N) is 1. The minimum Gasteiger partial charge on any atom is -0.478 e. The van der Waals surface area contributed by atoms with Crippen molar-refractivity contribution >= 4 is 16.0 Å². The van der Waals surface area contributed by atoms with E-state index in [2.05, 4.69) is 9.71 Å². The lowest BCUT2D eigenvalue weighted by molar-refractivity contribution is 0.0696. The van der Waals surface area contributed by atoms with Gasteiger partial charge in [0.05, 0.1) is 5.56 Å². The molecule has 1 aromatic carbocycles. The lowest BCUT2D eigenvalue weighted by Gasteiger charge is -2.14. The van der Waals surface area contributed by atoms with E-state index in [0.717, 1.165) is 11.8 Å². The van der Waals surface area contributed by atoms with Crippen molar-refractivity contribution < 1.29 is 18.3 Å². The smallest absolute Gasteiger partial charge is 0.337 e. The number of carbonyl (C=O) groups is 1. The number of aromatic carboxylic acids is 1. The number of pyridine rings is 1. The summed E-state index contributed by atoms with van der Waals surface area (Å²) in [6, 6.07) is 11.1. The van der Waals surface area contributed by atoms with Crippen molar-refractivity contribution in [2.24, 2.45) is 0 Å². The summed E-state index contributed by atoms with van der Waals surface area (Å²) < 4.78 is 26.9. The molecule has 6 nitrogen and oxygen atoms in total. The van der Waals surface area contributed by atoms with Crippen LogP contribution in [0.15, 0.2) is 53.7 Å². The number of sulfonamides is 1. The molecular formula is C14H14N2O4S. The first-order chi connectivity index (χ1) is 9.90. The van der Waals surface area contributed by atoms with Gasteiger partial charge in [0.2, 0.25) is 0 Å². The molecule has 110 valence electrons. The highest BCUT2D eigenvalue weighted by Gasteiger charge is 2.20. The standard InChI is InChI=1S/C14H14N2O4S/c1-10(11-5-3-2-4-6-11)16-21(19,20)13-8-7-12(9-15-13)14(17)18/h2-10,16H,1H3,(H,17,18)/t10-/m0/s1. The Kier molecular flexibility index (Phi) is 4.35. The van der Waals surface area contributed by atoms with Crippen LogP contribution in [0, 0.1) is 0 Å². The summed E-state index contributed by atoms with van der Waals surface area (Å²) in [7, 11) is -3.80. The summed E-state index contributed by atoms with van der Waals surface area (Å²) in [6.45, 7) is 1.72. The number of carboxylic acids is 1. The van der Waals surface area contributed by atoms with Crippen molar-refractivity contribution in [2.45, 2.75) is 18.0 Å². The van der Waals surface area contributed by atoms with E-state index in [9.17, 15) is 13.2 Å². The largest absolute Gasteiger partial charge is 0.478 e. The molecule has 0 fully saturated rings. The van der Waals surface area contributed by atoms with E-state index in [1.165, 1.54) is 12.1 Å². The second-order valence-electron chi connectivity index (χ2n) is 4.44. The first-order valence-electron chi connectivity index (χ1n) is 6.17. The molecule has 2 N–H and O–H groups in total. The molecule has 0 amide bonds. The van der Waals surface area contributed by atoms with Crippen LogP contribution in [0.5, 0.6) is 0 Å². The Morgan fingerprint density at radius 1 is 1.19 bits per heavy atom. The molecule has 0 aliphatic rings. The zero-order valence-electron chi connectivity index (χ0n) is 11.2. The lowest BCUT2D eigenvalue weighted by atomic mass is 10.1. The molecule has 0 saturated carbocycles. The Labute approximate surface area is 122 Å². The van der Waals surface area contributed by atoms with E-state index in [-0.39, 0.29) is 10.6 Å². The molecule has 1 heterocycles. The SMILES string of the molecule is C[C@H](NS(=O)(=O)c1ccc(C(=O)O)cn1)c1ccccc1. The van der Waals surface area contributed by atoms with Crippen molar-refractivity contribution in [3.8, 4) is 0 Å². The van der Waals surface area contributed by atoms with Gasteiger partial charge in [-0.2, -0.15) is 0 Å². The van der Waals surface area contributed by atoms with Crippen molar-refractivity contribution in [2.75, 3.05) is 0 Å². The lowest BCUT2D eigenvalue weighted by Crippen LogP contribution is -2.27. The van der Waals surface area contributed by atoms with Gasteiger partial charge in [-0.3, -0.25) is 0 Å². The molecule has 0 aliphatic carbocycles. The minimum absolute atomic E-state index is 0.0648. The molecule has 0 saturated heterocycles. The van der Waals surface area contributed by atoms with Gasteiger partial charge in [-0.05, 0) is 24.6 Å². The van der Waals surface area contributed by atoms with Gasteiger partial charge in [0, 0.05) is 12.2 Å². The third-order valence-corrected chi connectivity index (χ3v) is 4.35. The Bertz CT molecular complexity index is 727. The third-order valence-electron chi connectivity index (χ3n) is 2.89. The van der Waals surface area contributed by atoms with Crippen LogP contribution in [0.25, 0.3) is 0 Å². The van der Waals surface area contributed by atoms with Gasteiger partial charge >= 0.3 is 5.97 Å². The van der Waals surface area contributed by atoms with E-state index < -0.39 is 22.0 Å². The molecule has 0 aliphatic heterocycles. The first-order valence-corrected chi connectivity index (χ1v) is 7.65. The average molecular weight is 306 g/mol. The van der Waals surface area contributed by atoms with Gasteiger partial charge in [-0.15, -0.1) is 0 Å². The van der Waals surface area contributed by atoms with Crippen molar-refractivity contribution in [3.05, 3.63) is 59.8 Å². The Morgan fingerprint density at radius 2 is 1.86 bits per heavy atom. The molecule has 7 heteroatoms. The number of carboxylic acid groups (broad SMARTS) is 1. The number of benzene rings is 1. The predicted octanol–water partition coefficient (Wildman–Crippen LogP) is 1.82. The molecule has 21 heavy (non-hydrogen) atoms. The number of rotatable bonds is 5. The summed E-state index contributed by atoms with van der Waals surface area (Å²) in [6.07, 6.45) is 1.02. The van der Waals surface area contributed by atoms with Gasteiger partial charge in [0.25, 0.3) is 10.0 Å². The molecule has 0 spiro atoms. The third kappa shape index (κ3) is 3.65. The molecule has 1 aromatic heterocycles. The maximum absolute atomic E-state index is 12.2. The molecular weight excluding hydrogens is 292 g/mol. The molecule has 0 radical (unpaired) electrons. The zero-order valence-corrected chi connectivity index (χ0v) is 12.0. The second kappa shape index (κ2) is 6.02. The summed E-state index contributed by atoms with van der Waals surface area (Å²) in [5, 5.41) is 8.55. The van der Waals surface area contributed by atoms with Crippen molar-refractivity contribution in [3.63, 3.8) is 0 Å². The van der Waals surface area contributed by atoms with Crippen LogP contribution in [0.3, 0.4) is 0 Å². The Morgan fingerprint density at radius 3 is 2.38 bits per heavy atom. The van der Waals surface area contributed by atoms with Gasteiger partial charge in [0.1, 0.15) is 0 Å². The van der Waals surface area contributed by atoms with E-state index in [1.54, 1.807) is 6.92 Å². The summed E-state index contributed by atoms with van der Waals surface area (Å²) in [4.78, 5) is 14.4. The topological polar surface area (TPSA) is 96.4 Å². The molecule has 0 unspecified atom stereocenters. The Balaban J connectivity index is 2.20. The van der Waals surface area contributed by atoms with Crippen LogP contribution in [-0.4, -0.2) is 24.5 Å². The van der Waals surface area contributed by atoms with Crippen LogP contribution >= 0.6 is 0 Å². The van der Waals surface area contributed by atoms with E-state index in [4.69, 9.17) is 5.11 Å². The van der Waals surface area contributed by atoms with E-state index in [1.807, 2.05) is 30.3 Å². The molecule has 2 rings (SSSR count). The first kappa shape index (κ1) is 15.1. The fourth-order valence-electron chi connectivity index (χ4n) is 1.77. The van der Waals surface area contributed by atoms with Crippen LogP contribution in [0.2, 0.25) is 0 Å².